The predicted octanol–water partition coefficient (Wildman–Crippen LogP) is 3.70. The summed E-state index contributed by atoms with van der Waals surface area (Å²) in [5, 5.41) is 13.3. The van der Waals surface area contributed by atoms with Crippen molar-refractivity contribution in [3.63, 3.8) is 0 Å². The average Bonchev–Trinajstić information content (AvgIpc) is 3.62. The number of hydrogen-bond donors (Lipinski definition) is 2. The summed E-state index contributed by atoms with van der Waals surface area (Å²) in [5.74, 6) is -3.58. The number of nitrogens with one attached hydrogen (secondary N) is 1. The fourth-order valence-electron chi connectivity index (χ4n) is 8.11. The van der Waals surface area contributed by atoms with Crippen LogP contribution < -0.4 is 5.32 Å². The Labute approximate surface area is 272 Å². The van der Waals surface area contributed by atoms with Gasteiger partial charge in [-0.25, -0.2) is 0 Å². The molecule has 5 bridgehead atoms. The molecule has 0 aliphatic carbocycles. The molecule has 3 amide bonds. The second-order valence-electron chi connectivity index (χ2n) is 15.1. The number of carbonyl (C=O) groups is 4. The number of aliphatic hydroxyl groups excluding tert-OH is 1. The zero-order valence-corrected chi connectivity index (χ0v) is 28.1. The molecule has 10 nitrogen and oxygen atoms in total. The predicted molar refractivity (Wildman–Crippen MR) is 172 cm³/mol. The van der Waals surface area contributed by atoms with E-state index in [1.54, 1.807) is 30.9 Å². The van der Waals surface area contributed by atoms with Gasteiger partial charge in [-0.3, -0.25) is 19.2 Å². The van der Waals surface area contributed by atoms with Gasteiger partial charge < -0.3 is 29.7 Å². The first-order valence-corrected chi connectivity index (χ1v) is 16.4. The molecule has 0 radical (unpaired) electrons. The van der Waals surface area contributed by atoms with Gasteiger partial charge >= 0.3 is 5.97 Å². The van der Waals surface area contributed by atoms with E-state index in [9.17, 15) is 24.3 Å². The number of nitrogens with zero attached hydrogens (tertiary/aromatic N) is 2. The summed E-state index contributed by atoms with van der Waals surface area (Å²) < 4.78 is 12.7. The van der Waals surface area contributed by atoms with Crippen molar-refractivity contribution in [2.45, 2.75) is 109 Å². The van der Waals surface area contributed by atoms with Gasteiger partial charge in [-0.2, -0.15) is 0 Å². The van der Waals surface area contributed by atoms with E-state index in [4.69, 9.17) is 9.47 Å². The summed E-state index contributed by atoms with van der Waals surface area (Å²) in [6.45, 7) is 13.8. The first kappa shape index (κ1) is 33.9. The molecule has 8 atom stereocenters. The Morgan fingerprint density at radius 1 is 1.04 bits per heavy atom. The number of benzene rings is 1. The molecule has 5 rings (SSSR count). The van der Waals surface area contributed by atoms with Crippen molar-refractivity contribution in [1.29, 1.82) is 0 Å². The van der Waals surface area contributed by atoms with Crippen LogP contribution >= 0.6 is 0 Å². The Hall–Kier alpha value is -3.50. The smallest absolute Gasteiger partial charge is 0.313 e. The van der Waals surface area contributed by atoms with E-state index in [2.05, 4.69) is 26.1 Å². The van der Waals surface area contributed by atoms with E-state index in [0.29, 0.717) is 18.4 Å². The van der Waals surface area contributed by atoms with Crippen LogP contribution in [0.2, 0.25) is 0 Å². The number of ether oxygens (including phenoxy) is 2. The van der Waals surface area contributed by atoms with Gasteiger partial charge in [-0.1, -0.05) is 75.4 Å². The molecule has 1 spiro atoms. The number of fused-ring (bicyclic) bond motifs is 2. The molecule has 46 heavy (non-hydrogen) atoms. The van der Waals surface area contributed by atoms with Crippen LogP contribution in [0.15, 0.2) is 54.6 Å². The highest BCUT2D eigenvalue weighted by Crippen LogP contribution is 2.56. The Kier molecular flexibility index (Phi) is 9.27. The van der Waals surface area contributed by atoms with E-state index < -0.39 is 65.2 Å². The maximum Gasteiger partial charge on any atom is 0.313 e. The largest absolute Gasteiger partial charge is 0.455 e. The Morgan fingerprint density at radius 2 is 1.74 bits per heavy atom. The lowest BCUT2D eigenvalue weighted by molar-refractivity contribution is -0.162. The standard InChI is InChI=1S/C36H49N3O7/c1-22(20-40)39-30-32(43)38(35(6,7)21-34(3,4)5)19-13-9-12-16-26(41)37-23(2)29(24-14-10-8-11-15-24)45-33(44)27-25-17-18-36(30,46-25)28(27)31(39)42/h8-11,13-15,17-18,22-23,25,27-30,40H,12,16,19-21H2,1-7H3,(H,37,41)/b13-9-/t22-,23-,25+,27-,28-,29+,30+,36-/m1/s1. The highest BCUT2D eigenvalue weighted by molar-refractivity contribution is 5.99. The molecular formula is C36H49N3O7. The van der Waals surface area contributed by atoms with Crippen LogP contribution in [0.5, 0.6) is 0 Å². The molecule has 4 heterocycles. The van der Waals surface area contributed by atoms with Crippen molar-refractivity contribution >= 4 is 23.7 Å². The van der Waals surface area contributed by atoms with Crippen LogP contribution in [0, 0.1) is 17.3 Å². The fourth-order valence-corrected chi connectivity index (χ4v) is 8.11. The second kappa shape index (κ2) is 12.6. The van der Waals surface area contributed by atoms with Crippen LogP contribution in [0.1, 0.15) is 79.4 Å². The van der Waals surface area contributed by atoms with Crippen molar-refractivity contribution in [2.24, 2.45) is 17.3 Å². The van der Waals surface area contributed by atoms with Gasteiger partial charge in [0.1, 0.15) is 23.7 Å². The molecule has 2 saturated heterocycles. The Morgan fingerprint density at radius 3 is 2.39 bits per heavy atom. The number of amides is 3. The number of aliphatic hydroxyl groups is 1. The maximum absolute atomic E-state index is 15.0. The molecule has 2 fully saturated rings. The quantitative estimate of drug-likeness (QED) is 0.374. The summed E-state index contributed by atoms with van der Waals surface area (Å²) in [4.78, 5) is 59.8. The molecular weight excluding hydrogens is 586 g/mol. The number of allylic oxidation sites excluding steroid dienone is 1. The Bertz CT molecular complexity index is 1400. The van der Waals surface area contributed by atoms with Gasteiger partial charge in [-0.15, -0.1) is 0 Å². The number of rotatable bonds is 5. The molecule has 10 heteroatoms. The molecule has 0 unspecified atom stereocenters. The van der Waals surface area contributed by atoms with Crippen LogP contribution in [-0.4, -0.2) is 87.1 Å². The molecule has 2 N–H and O–H groups in total. The van der Waals surface area contributed by atoms with Gasteiger partial charge in [0.15, 0.2) is 0 Å². The first-order valence-electron chi connectivity index (χ1n) is 16.4. The minimum atomic E-state index is -1.40. The summed E-state index contributed by atoms with van der Waals surface area (Å²) in [6, 6.07) is 6.83. The number of cyclic esters (lactones) is 1. The normalized spacial score (nSPS) is 33.6. The highest BCUT2D eigenvalue weighted by atomic mass is 16.6. The van der Waals surface area contributed by atoms with Gasteiger partial charge in [0, 0.05) is 18.5 Å². The lowest BCUT2D eigenvalue weighted by Gasteiger charge is -2.46. The van der Waals surface area contributed by atoms with Crippen molar-refractivity contribution < 1.29 is 33.8 Å². The SMILES string of the molecule is C[C@H](CO)N1C(=O)[C@H]2[C@@H]3C(=O)O[C@H](c4ccccc4)[C@@H](C)NC(=O)CC/C=C\CN(C(C)(C)CC(C)(C)C)C(=O)[C@H]1[C@@]21C=C[C@@H]3O1. The zero-order valence-electron chi connectivity index (χ0n) is 28.1. The second-order valence-corrected chi connectivity index (χ2v) is 15.1. The molecule has 0 aromatic heterocycles. The van der Waals surface area contributed by atoms with E-state index in [0.717, 1.165) is 0 Å². The molecule has 4 aliphatic rings. The molecule has 250 valence electrons. The van der Waals surface area contributed by atoms with E-state index in [-0.39, 0.29) is 36.8 Å². The molecule has 1 aromatic carbocycles. The minimum Gasteiger partial charge on any atom is -0.455 e. The maximum atomic E-state index is 15.0. The third kappa shape index (κ3) is 6.13. The number of hydrogen-bond acceptors (Lipinski definition) is 7. The van der Waals surface area contributed by atoms with Crippen LogP contribution in [0.3, 0.4) is 0 Å². The van der Waals surface area contributed by atoms with Crippen molar-refractivity contribution in [1.82, 2.24) is 15.1 Å². The third-order valence-corrected chi connectivity index (χ3v) is 9.72. The monoisotopic (exact) mass is 635 g/mol. The van der Waals surface area contributed by atoms with E-state index in [1.165, 1.54) is 4.90 Å². The summed E-state index contributed by atoms with van der Waals surface area (Å²) in [5.41, 5.74) is -1.45. The summed E-state index contributed by atoms with van der Waals surface area (Å²) >= 11 is 0. The Balaban J connectivity index is 1.62. The van der Waals surface area contributed by atoms with Crippen molar-refractivity contribution in [2.75, 3.05) is 13.2 Å². The van der Waals surface area contributed by atoms with Gasteiger partial charge in [0.05, 0.1) is 30.7 Å². The molecule has 4 aliphatic heterocycles. The molecule has 0 saturated carbocycles. The topological polar surface area (TPSA) is 125 Å². The highest BCUT2D eigenvalue weighted by Gasteiger charge is 2.74. The third-order valence-electron chi connectivity index (χ3n) is 9.72. The van der Waals surface area contributed by atoms with E-state index in [1.807, 2.05) is 56.3 Å². The summed E-state index contributed by atoms with van der Waals surface area (Å²) in [6.07, 6.45) is 7.08. The lowest BCUT2D eigenvalue weighted by Crippen LogP contribution is -2.62. The molecule has 1 aromatic rings. The van der Waals surface area contributed by atoms with Gasteiger partial charge in [0.2, 0.25) is 17.7 Å². The van der Waals surface area contributed by atoms with Gasteiger partial charge in [-0.05, 0) is 51.5 Å². The van der Waals surface area contributed by atoms with Crippen LogP contribution in [0.4, 0.5) is 0 Å². The number of likely N-dealkylation sites (tertiary alicyclic amines) is 1. The van der Waals surface area contributed by atoms with Crippen molar-refractivity contribution in [3.05, 3.63) is 60.2 Å². The first-order chi connectivity index (χ1) is 21.6. The zero-order chi connectivity index (χ0) is 33.6. The lowest BCUT2D eigenvalue weighted by atomic mass is 9.74. The number of esters is 1. The number of carbonyl (C=O) groups excluding carboxylic acids is 4. The fraction of sp³-hybridized carbons (Fsp3) is 0.611. The van der Waals surface area contributed by atoms with Crippen LogP contribution in [-0.2, 0) is 28.7 Å². The minimum absolute atomic E-state index is 0.119. The van der Waals surface area contributed by atoms with Crippen molar-refractivity contribution in [3.8, 4) is 0 Å². The van der Waals surface area contributed by atoms with E-state index >= 15 is 0 Å². The van der Waals surface area contributed by atoms with Gasteiger partial charge in [0.25, 0.3) is 0 Å². The average molecular weight is 636 g/mol. The van der Waals surface area contributed by atoms with Crippen LogP contribution in [0.25, 0.3) is 0 Å². The summed E-state index contributed by atoms with van der Waals surface area (Å²) in [7, 11) is 0.